The van der Waals surface area contributed by atoms with Gasteiger partial charge < -0.3 is 9.84 Å². The topological polar surface area (TPSA) is 32.8 Å². The highest BCUT2D eigenvalue weighted by molar-refractivity contribution is 4.91. The summed E-state index contributed by atoms with van der Waals surface area (Å²) in [4.78, 5) is 0. The van der Waals surface area contributed by atoms with E-state index in [-0.39, 0.29) is 6.10 Å². The predicted octanol–water partition coefficient (Wildman–Crippen LogP) is 0.299. The Morgan fingerprint density at radius 3 is 2.75 bits per heavy atom. The van der Waals surface area contributed by atoms with Crippen molar-refractivity contribution in [3.63, 3.8) is 0 Å². The molecule has 2 nitrogen and oxygen atoms in total. The van der Waals surface area contributed by atoms with Crippen LogP contribution in [-0.2, 0) is 4.74 Å². The molecule has 0 aromatic carbocycles. The third-order valence-electron chi connectivity index (χ3n) is 1.98. The van der Waals surface area contributed by atoms with Crippen molar-refractivity contribution in [3.05, 3.63) is 0 Å². The molecule has 0 amide bonds. The minimum atomic E-state index is -0.0706. The van der Waals surface area contributed by atoms with Crippen LogP contribution in [0.5, 0.6) is 0 Å². The molecule has 2 aliphatic rings. The fourth-order valence-electron chi connectivity index (χ4n) is 1.38. The zero-order valence-electron chi connectivity index (χ0n) is 4.71. The van der Waals surface area contributed by atoms with Crippen LogP contribution in [-0.4, -0.2) is 23.4 Å². The van der Waals surface area contributed by atoms with Gasteiger partial charge >= 0.3 is 0 Å². The second-order valence-corrected chi connectivity index (χ2v) is 2.68. The average molecular weight is 114 g/mol. The Balaban J connectivity index is 1.93. The monoisotopic (exact) mass is 114 g/mol. The Morgan fingerprint density at radius 2 is 2.12 bits per heavy atom. The first-order chi connectivity index (χ1) is 3.86. The maximum Gasteiger partial charge on any atom is 0.0866 e. The molecule has 1 N–H and O–H groups in total. The Labute approximate surface area is 48.5 Å². The molecule has 1 aliphatic heterocycles. The Hall–Kier alpha value is -0.0800. The highest BCUT2D eigenvalue weighted by Gasteiger charge is 2.43. The third-order valence-corrected chi connectivity index (χ3v) is 1.98. The van der Waals surface area contributed by atoms with Crippen LogP contribution in [0.2, 0.25) is 0 Å². The molecule has 0 spiro atoms. The first kappa shape index (κ1) is 4.77. The lowest BCUT2D eigenvalue weighted by molar-refractivity contribution is 0.139. The second-order valence-electron chi connectivity index (χ2n) is 2.68. The van der Waals surface area contributed by atoms with Crippen LogP contribution in [0.1, 0.15) is 19.3 Å². The van der Waals surface area contributed by atoms with Crippen LogP contribution >= 0.6 is 0 Å². The van der Waals surface area contributed by atoms with Crippen molar-refractivity contribution in [1.82, 2.24) is 0 Å². The van der Waals surface area contributed by atoms with Gasteiger partial charge in [0, 0.05) is 6.42 Å². The van der Waals surface area contributed by atoms with Crippen molar-refractivity contribution in [2.75, 3.05) is 0 Å². The van der Waals surface area contributed by atoms with E-state index in [4.69, 9.17) is 9.84 Å². The highest BCUT2D eigenvalue weighted by atomic mass is 16.6. The number of fused-ring (bicyclic) bond motifs is 1. The molecule has 1 heterocycles. The molecule has 8 heavy (non-hydrogen) atoms. The van der Waals surface area contributed by atoms with Gasteiger partial charge in [-0.2, -0.15) is 0 Å². The molecule has 0 aromatic rings. The largest absolute Gasteiger partial charge is 0.393 e. The summed E-state index contributed by atoms with van der Waals surface area (Å²) in [5.41, 5.74) is 0. The number of hydrogen-bond acceptors (Lipinski definition) is 2. The summed E-state index contributed by atoms with van der Waals surface area (Å²) in [5.74, 6) is 0. The van der Waals surface area contributed by atoms with Crippen LogP contribution in [0.25, 0.3) is 0 Å². The SMILES string of the molecule is O[C@@H]1CCC2OC2C1. The molecule has 3 atom stereocenters. The van der Waals surface area contributed by atoms with Gasteiger partial charge in [-0.25, -0.2) is 0 Å². The van der Waals surface area contributed by atoms with Gasteiger partial charge in [-0.15, -0.1) is 0 Å². The number of aliphatic hydroxyl groups is 1. The smallest absolute Gasteiger partial charge is 0.0866 e. The van der Waals surface area contributed by atoms with Crippen molar-refractivity contribution < 1.29 is 9.84 Å². The summed E-state index contributed by atoms with van der Waals surface area (Å²) in [6.45, 7) is 0. The lowest BCUT2D eigenvalue weighted by Gasteiger charge is -2.10. The molecule has 2 heteroatoms. The molecule has 46 valence electrons. The van der Waals surface area contributed by atoms with Crippen LogP contribution in [0, 0.1) is 0 Å². The first-order valence-electron chi connectivity index (χ1n) is 3.20. The lowest BCUT2D eigenvalue weighted by Crippen LogP contribution is -2.17. The zero-order chi connectivity index (χ0) is 5.56. The summed E-state index contributed by atoms with van der Waals surface area (Å²) in [5, 5.41) is 9.03. The quantitative estimate of drug-likeness (QED) is 0.459. The van der Waals surface area contributed by atoms with E-state index in [0.717, 1.165) is 19.3 Å². The third kappa shape index (κ3) is 0.644. The Morgan fingerprint density at radius 1 is 1.25 bits per heavy atom. The first-order valence-corrected chi connectivity index (χ1v) is 3.20. The minimum absolute atomic E-state index is 0.0706. The van der Waals surface area contributed by atoms with E-state index in [1.165, 1.54) is 0 Å². The summed E-state index contributed by atoms with van der Waals surface area (Å²) in [7, 11) is 0. The van der Waals surface area contributed by atoms with Crippen molar-refractivity contribution >= 4 is 0 Å². The van der Waals surface area contributed by atoms with E-state index in [1.54, 1.807) is 0 Å². The van der Waals surface area contributed by atoms with E-state index >= 15 is 0 Å². The van der Waals surface area contributed by atoms with Crippen molar-refractivity contribution in [3.8, 4) is 0 Å². The van der Waals surface area contributed by atoms with E-state index in [2.05, 4.69) is 0 Å². The highest BCUT2D eigenvalue weighted by Crippen LogP contribution is 2.36. The van der Waals surface area contributed by atoms with Gasteiger partial charge in [0.25, 0.3) is 0 Å². The molecule has 1 aliphatic carbocycles. The molecular weight excluding hydrogens is 104 g/mol. The molecule has 0 radical (unpaired) electrons. The second kappa shape index (κ2) is 1.45. The number of rotatable bonds is 0. The maximum absolute atomic E-state index is 9.03. The van der Waals surface area contributed by atoms with Crippen LogP contribution in [0.3, 0.4) is 0 Å². The van der Waals surface area contributed by atoms with Crippen molar-refractivity contribution in [2.24, 2.45) is 0 Å². The number of ether oxygens (including phenoxy) is 1. The molecule has 1 saturated heterocycles. The average Bonchev–Trinajstić information content (AvgIpc) is 2.43. The van der Waals surface area contributed by atoms with Crippen LogP contribution in [0.15, 0.2) is 0 Å². The summed E-state index contributed by atoms with van der Waals surface area (Å²) < 4.78 is 5.19. The summed E-state index contributed by atoms with van der Waals surface area (Å²) >= 11 is 0. The van der Waals surface area contributed by atoms with Gasteiger partial charge in [-0.3, -0.25) is 0 Å². The minimum Gasteiger partial charge on any atom is -0.393 e. The van der Waals surface area contributed by atoms with Gasteiger partial charge in [0.05, 0.1) is 18.3 Å². The van der Waals surface area contributed by atoms with Gasteiger partial charge in [0.1, 0.15) is 0 Å². The van der Waals surface area contributed by atoms with Crippen LogP contribution < -0.4 is 0 Å². The normalized spacial score (nSPS) is 52.9. The van der Waals surface area contributed by atoms with Gasteiger partial charge in [-0.1, -0.05) is 0 Å². The van der Waals surface area contributed by atoms with Crippen LogP contribution in [0.4, 0.5) is 0 Å². The molecule has 1 saturated carbocycles. The fraction of sp³-hybridized carbons (Fsp3) is 1.00. The van der Waals surface area contributed by atoms with Gasteiger partial charge in [-0.05, 0) is 12.8 Å². The molecule has 2 fully saturated rings. The van der Waals surface area contributed by atoms with E-state index in [1.807, 2.05) is 0 Å². The Kier molecular flexibility index (Phi) is 0.866. The summed E-state index contributed by atoms with van der Waals surface area (Å²) in [6, 6.07) is 0. The lowest BCUT2D eigenvalue weighted by atomic mass is 9.98. The predicted molar refractivity (Wildman–Crippen MR) is 28.5 cm³/mol. The molecule has 2 rings (SSSR count). The molecule has 0 bridgehead atoms. The van der Waals surface area contributed by atoms with E-state index < -0.39 is 0 Å². The van der Waals surface area contributed by atoms with Gasteiger partial charge in [0.15, 0.2) is 0 Å². The zero-order valence-corrected chi connectivity index (χ0v) is 4.71. The molecular formula is C6H10O2. The van der Waals surface area contributed by atoms with Gasteiger partial charge in [0.2, 0.25) is 0 Å². The standard InChI is InChI=1S/C6H10O2/c7-4-1-2-5-6(3-4)8-5/h4-7H,1-3H2/t4-,5?,6?/m1/s1. The Bertz CT molecular complexity index is 103. The van der Waals surface area contributed by atoms with E-state index in [0.29, 0.717) is 12.2 Å². The molecule has 0 aromatic heterocycles. The maximum atomic E-state index is 9.03. The number of aliphatic hydroxyl groups excluding tert-OH is 1. The number of epoxide rings is 1. The fourth-order valence-corrected chi connectivity index (χ4v) is 1.38. The van der Waals surface area contributed by atoms with E-state index in [9.17, 15) is 0 Å². The van der Waals surface area contributed by atoms with Crippen molar-refractivity contribution in [1.29, 1.82) is 0 Å². The van der Waals surface area contributed by atoms with Crippen molar-refractivity contribution in [2.45, 2.75) is 37.6 Å². The summed E-state index contributed by atoms with van der Waals surface area (Å²) in [6.07, 6.45) is 3.79. The number of hydrogen-bond donors (Lipinski definition) is 1. The molecule has 2 unspecified atom stereocenters.